The van der Waals surface area contributed by atoms with E-state index in [1.165, 1.54) is 5.01 Å². The van der Waals surface area contributed by atoms with Gasteiger partial charge in [0.15, 0.2) is 0 Å². The van der Waals surface area contributed by atoms with E-state index in [1.54, 1.807) is 0 Å². The predicted molar refractivity (Wildman–Crippen MR) is 174 cm³/mol. The normalized spacial score (nSPS) is 12.3. The van der Waals surface area contributed by atoms with E-state index in [2.05, 4.69) is 10.7 Å². The Kier molecular flexibility index (Phi) is 28.1. The van der Waals surface area contributed by atoms with Crippen molar-refractivity contribution in [1.29, 1.82) is 0 Å². The Balaban J connectivity index is 4.02. The van der Waals surface area contributed by atoms with Crippen molar-refractivity contribution >= 4 is 30.0 Å². The third-order valence-corrected chi connectivity index (χ3v) is 7.63. The Morgan fingerprint density at radius 3 is 1.98 bits per heavy atom. The molecule has 0 saturated heterocycles. The number of carboxylic acid groups (broad SMARTS) is 1. The van der Waals surface area contributed by atoms with Gasteiger partial charge in [0, 0.05) is 19.4 Å². The molecule has 13 heteroatoms. The van der Waals surface area contributed by atoms with Crippen LogP contribution in [0.4, 0.5) is 0 Å². The number of aliphatic carboxylic acids is 1. The van der Waals surface area contributed by atoms with Crippen molar-refractivity contribution in [3.63, 3.8) is 0 Å². The van der Waals surface area contributed by atoms with E-state index < -0.39 is 11.4 Å². The summed E-state index contributed by atoms with van der Waals surface area (Å²) in [6, 6.07) is 0. The number of aldehydes is 1. The van der Waals surface area contributed by atoms with Crippen molar-refractivity contribution < 1.29 is 48.0 Å². The van der Waals surface area contributed by atoms with E-state index >= 15 is 0 Å². The average molecular weight is 660 g/mol. The summed E-state index contributed by atoms with van der Waals surface area (Å²) in [7, 11) is 0. The summed E-state index contributed by atoms with van der Waals surface area (Å²) in [4.78, 5) is 58.7. The van der Waals surface area contributed by atoms with Gasteiger partial charge < -0.3 is 34.2 Å². The number of nitrogens with one attached hydrogen (secondary N) is 2. The molecular weight excluding hydrogens is 598 g/mol. The summed E-state index contributed by atoms with van der Waals surface area (Å²) in [6.07, 6.45) is 11.8. The summed E-state index contributed by atoms with van der Waals surface area (Å²) in [5.74, 6) is -1.31. The fourth-order valence-electron chi connectivity index (χ4n) is 4.96. The van der Waals surface area contributed by atoms with Gasteiger partial charge >= 0.3 is 5.97 Å². The Bertz CT molecular complexity index is 830. The van der Waals surface area contributed by atoms with Crippen LogP contribution in [-0.4, -0.2) is 106 Å². The van der Waals surface area contributed by atoms with Crippen LogP contribution >= 0.6 is 0 Å². The van der Waals surface area contributed by atoms with Gasteiger partial charge in [-0.2, -0.15) is 0 Å². The highest BCUT2D eigenvalue weighted by Gasteiger charge is 2.34. The first-order valence-corrected chi connectivity index (χ1v) is 17.1. The van der Waals surface area contributed by atoms with Crippen LogP contribution in [0.1, 0.15) is 111 Å². The zero-order chi connectivity index (χ0) is 34.3. The van der Waals surface area contributed by atoms with Gasteiger partial charge in [0.25, 0.3) is 0 Å². The fourth-order valence-corrected chi connectivity index (χ4v) is 4.96. The molecule has 0 spiro atoms. The van der Waals surface area contributed by atoms with E-state index in [4.69, 9.17) is 18.9 Å². The largest absolute Gasteiger partial charge is 0.481 e. The van der Waals surface area contributed by atoms with Crippen LogP contribution in [0, 0.1) is 5.41 Å². The molecule has 0 saturated carbocycles. The molecule has 268 valence electrons. The van der Waals surface area contributed by atoms with Crippen LogP contribution in [0.15, 0.2) is 0 Å². The number of nitrogens with zero attached hydrogens (tertiary/aromatic N) is 1. The van der Waals surface area contributed by atoms with Gasteiger partial charge in [-0.15, -0.1) is 0 Å². The van der Waals surface area contributed by atoms with Gasteiger partial charge in [0.2, 0.25) is 17.7 Å². The number of hydrazine groups is 1. The third kappa shape index (κ3) is 22.8. The molecule has 0 unspecified atom stereocenters. The molecule has 0 aliphatic rings. The van der Waals surface area contributed by atoms with E-state index in [1.807, 2.05) is 20.8 Å². The molecule has 0 aromatic rings. The first kappa shape index (κ1) is 43.4. The molecule has 0 aromatic heterocycles. The second-order valence-corrected chi connectivity index (χ2v) is 11.4. The van der Waals surface area contributed by atoms with Crippen molar-refractivity contribution in [1.82, 2.24) is 15.8 Å². The molecule has 0 radical (unpaired) electrons. The number of hydrogen-bond acceptors (Lipinski definition) is 9. The summed E-state index contributed by atoms with van der Waals surface area (Å²) in [5.41, 5.74) is 2.14. The lowest BCUT2D eigenvalue weighted by atomic mass is 9.76. The molecule has 0 fully saturated rings. The average Bonchev–Trinajstić information content (AvgIpc) is 3.03. The van der Waals surface area contributed by atoms with Crippen molar-refractivity contribution in [3.05, 3.63) is 0 Å². The second kappa shape index (κ2) is 29.8. The van der Waals surface area contributed by atoms with Crippen LogP contribution in [0.25, 0.3) is 0 Å². The second-order valence-electron chi connectivity index (χ2n) is 11.4. The molecule has 0 aromatic carbocycles. The number of unbranched alkanes of at least 4 members (excludes halogenated alkanes) is 6. The molecular formula is C33H61N3O10. The minimum Gasteiger partial charge on any atom is -0.481 e. The molecule has 0 bridgehead atoms. The molecule has 0 heterocycles. The molecule has 3 amide bonds. The lowest BCUT2D eigenvalue weighted by molar-refractivity contribution is -0.150. The van der Waals surface area contributed by atoms with Gasteiger partial charge in [-0.1, -0.05) is 65.7 Å². The lowest BCUT2D eigenvalue weighted by Crippen LogP contribution is -2.47. The lowest BCUT2D eigenvalue weighted by Gasteiger charge is -2.27. The van der Waals surface area contributed by atoms with Crippen molar-refractivity contribution in [2.75, 3.05) is 65.9 Å². The Labute approximate surface area is 275 Å². The maximum atomic E-state index is 12.5. The number of hydrogen-bond donors (Lipinski definition) is 3. The highest BCUT2D eigenvalue weighted by molar-refractivity contribution is 5.82. The van der Waals surface area contributed by atoms with Crippen LogP contribution in [0.2, 0.25) is 0 Å². The van der Waals surface area contributed by atoms with Crippen LogP contribution in [0.3, 0.4) is 0 Å². The van der Waals surface area contributed by atoms with Gasteiger partial charge in [-0.3, -0.25) is 29.6 Å². The molecule has 13 nitrogen and oxygen atoms in total. The van der Waals surface area contributed by atoms with E-state index in [-0.39, 0.29) is 57.3 Å². The Morgan fingerprint density at radius 1 is 0.717 bits per heavy atom. The predicted octanol–water partition coefficient (Wildman–Crippen LogP) is 3.82. The van der Waals surface area contributed by atoms with Crippen molar-refractivity contribution in [3.8, 4) is 0 Å². The Morgan fingerprint density at radius 2 is 1.35 bits per heavy atom. The zero-order valence-corrected chi connectivity index (χ0v) is 28.6. The SMILES string of the molecule is CCCC(=O)N(CCOCCOCC(=O)NCCOCCOCC=O)NC(=O)CCCCCCCCC[C@](CC)(CCC)C(=O)O. The quantitative estimate of drug-likeness (QED) is 0.0548. The molecule has 0 aliphatic carbocycles. The fraction of sp³-hybridized carbons (Fsp3) is 0.848. The summed E-state index contributed by atoms with van der Waals surface area (Å²) < 4.78 is 21.0. The molecule has 0 rings (SSSR count). The molecule has 46 heavy (non-hydrogen) atoms. The van der Waals surface area contributed by atoms with E-state index in [0.29, 0.717) is 58.3 Å². The number of carbonyl (C=O) groups is 5. The first-order valence-electron chi connectivity index (χ1n) is 17.1. The van der Waals surface area contributed by atoms with Gasteiger partial charge in [0.05, 0.1) is 51.6 Å². The van der Waals surface area contributed by atoms with E-state index in [9.17, 15) is 29.1 Å². The smallest absolute Gasteiger partial charge is 0.309 e. The Hall–Kier alpha value is -2.61. The first-order chi connectivity index (χ1) is 22.3. The maximum Gasteiger partial charge on any atom is 0.309 e. The monoisotopic (exact) mass is 659 g/mol. The summed E-state index contributed by atoms with van der Waals surface area (Å²) >= 11 is 0. The number of rotatable bonds is 32. The molecule has 0 aliphatic heterocycles. The zero-order valence-electron chi connectivity index (χ0n) is 28.6. The third-order valence-electron chi connectivity index (χ3n) is 7.63. The summed E-state index contributed by atoms with van der Waals surface area (Å²) in [6.45, 7) is 7.99. The number of carbonyl (C=O) groups excluding carboxylic acids is 4. The highest BCUT2D eigenvalue weighted by Crippen LogP contribution is 2.34. The van der Waals surface area contributed by atoms with Gasteiger partial charge in [-0.05, 0) is 32.1 Å². The molecule has 3 N–H and O–H groups in total. The minimum atomic E-state index is -0.669. The van der Waals surface area contributed by atoms with Crippen LogP contribution in [-0.2, 0) is 42.9 Å². The highest BCUT2D eigenvalue weighted by atomic mass is 16.5. The molecule has 1 atom stereocenters. The summed E-state index contributed by atoms with van der Waals surface area (Å²) in [5, 5.41) is 13.7. The van der Waals surface area contributed by atoms with Crippen LogP contribution < -0.4 is 10.7 Å². The van der Waals surface area contributed by atoms with E-state index in [0.717, 1.165) is 64.2 Å². The number of amides is 3. The van der Waals surface area contributed by atoms with Gasteiger partial charge in [-0.25, -0.2) is 0 Å². The van der Waals surface area contributed by atoms with Crippen molar-refractivity contribution in [2.24, 2.45) is 5.41 Å². The minimum absolute atomic E-state index is 0.0373. The standard InChI is InChI=1S/C33H61N3O10/c1-4-14-31(40)36(19-22-44-26-27-46-28-30(39)34-18-21-43-24-25-45-23-20-37)35-29(38)15-12-10-8-7-9-11-13-17-33(6-3,16-5-2)32(41)42/h20H,4-19,21-28H2,1-3H3,(H,34,39)(H,35,38)(H,41,42)/t33-/m0/s1. The number of ether oxygens (including phenoxy) is 4. The van der Waals surface area contributed by atoms with Crippen molar-refractivity contribution in [2.45, 2.75) is 111 Å². The van der Waals surface area contributed by atoms with Gasteiger partial charge in [0.1, 0.15) is 19.5 Å². The van der Waals surface area contributed by atoms with Crippen LogP contribution in [0.5, 0.6) is 0 Å². The maximum absolute atomic E-state index is 12.5. The topological polar surface area (TPSA) is 170 Å². The number of carboxylic acids is 1.